The standard InChI is InChI=1S/C24H31N3O5S/c1-16-13-27(17(2)15-28)33(30,31)23-7-6-20(18-8-10-25-11-9-18)12-21(23)32-22(16)14-26(3)24(29)19-4-5-19/h6-12,16-17,19,22,28H,4-5,13-15H2,1-3H3/t16-,17+,22+/m0/s1. The number of carbonyl (C=O) groups is 1. The molecule has 2 heterocycles. The number of hydrogen-bond donors (Lipinski definition) is 1. The van der Waals surface area contributed by atoms with E-state index in [-0.39, 0.29) is 41.5 Å². The fraction of sp³-hybridized carbons (Fsp3) is 0.500. The first-order chi connectivity index (χ1) is 15.7. The van der Waals surface area contributed by atoms with E-state index in [1.165, 1.54) is 4.31 Å². The molecular weight excluding hydrogens is 442 g/mol. The SMILES string of the molecule is C[C@H](CO)N1C[C@H](C)[C@@H](CN(C)C(=O)C2CC2)Oc2cc(-c3ccncc3)ccc2S1(=O)=O. The molecule has 3 atom stereocenters. The van der Waals surface area contributed by atoms with Crippen LogP contribution in [0.15, 0.2) is 47.6 Å². The van der Waals surface area contributed by atoms with Gasteiger partial charge in [0.15, 0.2) is 0 Å². The van der Waals surface area contributed by atoms with Crippen molar-refractivity contribution in [1.82, 2.24) is 14.2 Å². The molecule has 178 valence electrons. The van der Waals surface area contributed by atoms with E-state index < -0.39 is 22.2 Å². The molecule has 1 aromatic heterocycles. The van der Waals surface area contributed by atoms with Crippen molar-refractivity contribution in [3.63, 3.8) is 0 Å². The van der Waals surface area contributed by atoms with Crippen LogP contribution in [0.4, 0.5) is 0 Å². The third kappa shape index (κ3) is 4.90. The number of ether oxygens (including phenoxy) is 1. The van der Waals surface area contributed by atoms with Gasteiger partial charge in [-0.1, -0.05) is 13.0 Å². The summed E-state index contributed by atoms with van der Waals surface area (Å²) >= 11 is 0. The Hall–Kier alpha value is -2.49. The lowest BCUT2D eigenvalue weighted by Crippen LogP contribution is -2.50. The van der Waals surface area contributed by atoms with Crippen molar-refractivity contribution in [2.24, 2.45) is 11.8 Å². The molecular formula is C24H31N3O5S. The van der Waals surface area contributed by atoms with E-state index in [1.54, 1.807) is 49.5 Å². The van der Waals surface area contributed by atoms with Crippen LogP contribution in [0, 0.1) is 11.8 Å². The number of aromatic nitrogens is 1. The Kier molecular flexibility index (Phi) is 6.74. The lowest BCUT2D eigenvalue weighted by Gasteiger charge is -2.37. The Morgan fingerprint density at radius 3 is 2.58 bits per heavy atom. The second-order valence-electron chi connectivity index (χ2n) is 9.13. The normalized spacial score (nSPS) is 23.5. The molecule has 1 aliphatic carbocycles. The van der Waals surface area contributed by atoms with Crippen molar-refractivity contribution in [2.75, 3.05) is 26.7 Å². The highest BCUT2D eigenvalue weighted by molar-refractivity contribution is 7.89. The third-order valence-electron chi connectivity index (χ3n) is 6.44. The van der Waals surface area contributed by atoms with Gasteiger partial charge in [-0.05, 0) is 55.2 Å². The van der Waals surface area contributed by atoms with Gasteiger partial charge < -0.3 is 14.7 Å². The van der Waals surface area contributed by atoms with Crippen molar-refractivity contribution in [1.29, 1.82) is 0 Å². The lowest BCUT2D eigenvalue weighted by atomic mass is 10.0. The molecule has 0 radical (unpaired) electrons. The number of sulfonamides is 1. The minimum Gasteiger partial charge on any atom is -0.487 e. The zero-order chi connectivity index (χ0) is 23.8. The van der Waals surface area contributed by atoms with Gasteiger partial charge in [-0.3, -0.25) is 9.78 Å². The largest absolute Gasteiger partial charge is 0.487 e. The van der Waals surface area contributed by atoms with E-state index in [2.05, 4.69) is 4.98 Å². The number of likely N-dealkylation sites (N-methyl/N-ethyl adjacent to an activating group) is 1. The molecule has 1 aliphatic heterocycles. The number of amides is 1. The van der Waals surface area contributed by atoms with Crippen molar-refractivity contribution in [3.05, 3.63) is 42.7 Å². The van der Waals surface area contributed by atoms with Gasteiger partial charge >= 0.3 is 0 Å². The average molecular weight is 474 g/mol. The molecule has 2 aromatic rings. The minimum absolute atomic E-state index is 0.0636. The lowest BCUT2D eigenvalue weighted by molar-refractivity contribution is -0.132. The predicted octanol–water partition coefficient (Wildman–Crippen LogP) is 2.39. The highest BCUT2D eigenvalue weighted by atomic mass is 32.2. The smallest absolute Gasteiger partial charge is 0.247 e. The summed E-state index contributed by atoms with van der Waals surface area (Å²) in [5.74, 6) is 0.242. The Balaban J connectivity index is 1.76. The predicted molar refractivity (Wildman–Crippen MR) is 124 cm³/mol. The van der Waals surface area contributed by atoms with E-state index in [1.807, 2.05) is 19.1 Å². The molecule has 0 bridgehead atoms. The van der Waals surface area contributed by atoms with Crippen molar-refractivity contribution in [3.8, 4) is 16.9 Å². The quantitative estimate of drug-likeness (QED) is 0.692. The summed E-state index contributed by atoms with van der Waals surface area (Å²) in [5.41, 5.74) is 1.70. The van der Waals surface area contributed by atoms with Crippen LogP contribution in [0.5, 0.6) is 5.75 Å². The first-order valence-corrected chi connectivity index (χ1v) is 12.7. The first-order valence-electron chi connectivity index (χ1n) is 11.3. The molecule has 1 aromatic carbocycles. The van der Waals surface area contributed by atoms with Crippen LogP contribution in [-0.2, 0) is 14.8 Å². The second kappa shape index (κ2) is 9.40. The molecule has 1 amide bonds. The van der Waals surface area contributed by atoms with Crippen molar-refractivity contribution >= 4 is 15.9 Å². The van der Waals surface area contributed by atoms with Gasteiger partial charge in [0.2, 0.25) is 15.9 Å². The second-order valence-corrected chi connectivity index (χ2v) is 11.0. The monoisotopic (exact) mass is 473 g/mol. The van der Waals surface area contributed by atoms with Crippen LogP contribution >= 0.6 is 0 Å². The number of pyridine rings is 1. The van der Waals surface area contributed by atoms with E-state index in [9.17, 15) is 18.3 Å². The topological polar surface area (TPSA) is 100 Å². The Bertz CT molecular complexity index is 1100. The van der Waals surface area contributed by atoms with Gasteiger partial charge in [0, 0.05) is 43.9 Å². The Morgan fingerprint density at radius 2 is 1.94 bits per heavy atom. The molecule has 9 heteroatoms. The number of fused-ring (bicyclic) bond motifs is 1. The van der Waals surface area contributed by atoms with E-state index in [0.717, 1.165) is 24.0 Å². The van der Waals surface area contributed by atoms with Gasteiger partial charge in [-0.15, -0.1) is 0 Å². The van der Waals surface area contributed by atoms with Gasteiger partial charge in [0.1, 0.15) is 16.7 Å². The number of benzene rings is 1. The molecule has 0 unspecified atom stereocenters. The fourth-order valence-electron chi connectivity index (χ4n) is 4.17. The third-order valence-corrected chi connectivity index (χ3v) is 8.46. The van der Waals surface area contributed by atoms with Gasteiger partial charge in [-0.2, -0.15) is 4.31 Å². The molecule has 8 nitrogen and oxygen atoms in total. The van der Waals surface area contributed by atoms with Gasteiger partial charge in [0.05, 0.1) is 13.2 Å². The number of nitrogens with zero attached hydrogens (tertiary/aromatic N) is 3. The molecule has 2 aliphatic rings. The van der Waals surface area contributed by atoms with Crippen LogP contribution in [0.25, 0.3) is 11.1 Å². The fourth-order valence-corrected chi connectivity index (χ4v) is 6.00. The summed E-state index contributed by atoms with van der Waals surface area (Å²) in [6.07, 6.45) is 4.79. The maximum atomic E-state index is 13.6. The van der Waals surface area contributed by atoms with E-state index in [0.29, 0.717) is 6.54 Å². The zero-order valence-electron chi connectivity index (χ0n) is 19.2. The Labute approximate surface area is 195 Å². The van der Waals surface area contributed by atoms with Crippen LogP contribution in [0.2, 0.25) is 0 Å². The molecule has 4 rings (SSSR count). The van der Waals surface area contributed by atoms with Crippen LogP contribution in [0.1, 0.15) is 26.7 Å². The van der Waals surface area contributed by atoms with Crippen LogP contribution < -0.4 is 4.74 Å². The summed E-state index contributed by atoms with van der Waals surface area (Å²) < 4.78 is 34.8. The summed E-state index contributed by atoms with van der Waals surface area (Å²) in [6, 6.07) is 8.15. The summed E-state index contributed by atoms with van der Waals surface area (Å²) in [4.78, 5) is 18.4. The number of carbonyl (C=O) groups excluding carboxylic acids is 1. The summed E-state index contributed by atoms with van der Waals surface area (Å²) in [7, 11) is -2.13. The summed E-state index contributed by atoms with van der Waals surface area (Å²) in [6.45, 7) is 3.87. The number of aliphatic hydroxyl groups excluding tert-OH is 1. The summed E-state index contributed by atoms with van der Waals surface area (Å²) in [5, 5.41) is 9.76. The van der Waals surface area contributed by atoms with Gasteiger partial charge in [0.25, 0.3) is 0 Å². The average Bonchev–Trinajstić information content (AvgIpc) is 3.66. The van der Waals surface area contributed by atoms with Gasteiger partial charge in [-0.25, -0.2) is 8.42 Å². The highest BCUT2D eigenvalue weighted by Crippen LogP contribution is 2.37. The zero-order valence-corrected chi connectivity index (χ0v) is 20.0. The van der Waals surface area contributed by atoms with Crippen molar-refractivity contribution in [2.45, 2.75) is 43.7 Å². The molecule has 0 saturated heterocycles. The maximum absolute atomic E-state index is 13.6. The number of rotatable bonds is 6. The van der Waals surface area contributed by atoms with Crippen molar-refractivity contribution < 1.29 is 23.1 Å². The molecule has 1 fully saturated rings. The molecule has 1 saturated carbocycles. The molecule has 33 heavy (non-hydrogen) atoms. The highest BCUT2D eigenvalue weighted by Gasteiger charge is 2.39. The van der Waals surface area contributed by atoms with Crippen LogP contribution in [-0.4, -0.2) is 72.5 Å². The van der Waals surface area contributed by atoms with E-state index in [4.69, 9.17) is 4.74 Å². The number of aliphatic hydroxyl groups is 1. The Morgan fingerprint density at radius 1 is 1.24 bits per heavy atom. The molecule has 1 N–H and O–H groups in total. The maximum Gasteiger partial charge on any atom is 0.247 e. The van der Waals surface area contributed by atoms with Crippen LogP contribution in [0.3, 0.4) is 0 Å². The molecule has 0 spiro atoms. The number of hydrogen-bond acceptors (Lipinski definition) is 6. The minimum atomic E-state index is -3.90. The first kappa shape index (κ1) is 23.7. The van der Waals surface area contributed by atoms with E-state index >= 15 is 0 Å².